The minimum absolute atomic E-state index is 0.403. The largest absolute Gasteiger partial charge is 0.375 e. The minimum Gasteiger partial charge on any atom is -0.375 e. The second kappa shape index (κ2) is 5.58. The fraction of sp³-hybridized carbons (Fsp3) is 1.00. The Morgan fingerprint density at radius 3 is 1.58 bits per heavy atom. The van der Waals surface area contributed by atoms with Crippen LogP contribution in [0.25, 0.3) is 0 Å². The lowest BCUT2D eigenvalue weighted by atomic mass is 9.96. The number of hydrogen-bond acceptors (Lipinski definition) is 1. The highest BCUT2D eigenvalue weighted by molar-refractivity contribution is 4.67. The zero-order valence-corrected chi connectivity index (χ0v) is 9.42. The maximum atomic E-state index is 5.92. The first-order chi connectivity index (χ1) is 5.49. The van der Waals surface area contributed by atoms with Crippen LogP contribution in [0.2, 0.25) is 0 Å². The molecule has 1 atom stereocenters. The third-order valence-electron chi connectivity index (χ3n) is 2.28. The monoisotopic (exact) mass is 172 g/mol. The molecule has 1 heteroatoms. The molecule has 0 fully saturated rings. The van der Waals surface area contributed by atoms with Crippen LogP contribution in [-0.2, 0) is 4.74 Å². The zero-order valence-electron chi connectivity index (χ0n) is 9.42. The van der Waals surface area contributed by atoms with Crippen LogP contribution in [-0.4, -0.2) is 12.2 Å². The van der Waals surface area contributed by atoms with Gasteiger partial charge < -0.3 is 4.74 Å². The molecule has 0 bridgehead atoms. The number of rotatable bonds is 5. The number of hydrogen-bond donors (Lipinski definition) is 0. The van der Waals surface area contributed by atoms with Gasteiger partial charge in [0.05, 0.1) is 12.2 Å². The molecule has 0 spiro atoms. The van der Waals surface area contributed by atoms with Gasteiger partial charge in [-0.05, 0) is 25.2 Å². The molecule has 74 valence electrons. The summed E-state index contributed by atoms with van der Waals surface area (Å²) in [5.74, 6) is 1.25. The van der Waals surface area contributed by atoms with E-state index in [0.29, 0.717) is 24.0 Å². The highest BCUT2D eigenvalue weighted by atomic mass is 16.5. The first kappa shape index (κ1) is 12.0. The van der Waals surface area contributed by atoms with Gasteiger partial charge in [-0.25, -0.2) is 0 Å². The average molecular weight is 172 g/mol. The van der Waals surface area contributed by atoms with Gasteiger partial charge in [-0.2, -0.15) is 0 Å². The predicted molar refractivity (Wildman–Crippen MR) is 54.3 cm³/mol. The Kier molecular flexibility index (Phi) is 5.56. The summed E-state index contributed by atoms with van der Waals surface area (Å²) in [5.41, 5.74) is 0. The van der Waals surface area contributed by atoms with Gasteiger partial charge in [0.15, 0.2) is 0 Å². The van der Waals surface area contributed by atoms with Crippen LogP contribution in [0.1, 0.15) is 48.0 Å². The first-order valence-electron chi connectivity index (χ1n) is 5.14. The van der Waals surface area contributed by atoms with Gasteiger partial charge in [-0.1, -0.05) is 34.6 Å². The summed E-state index contributed by atoms with van der Waals surface area (Å²) < 4.78 is 5.92. The lowest BCUT2D eigenvalue weighted by Crippen LogP contribution is -2.29. The van der Waals surface area contributed by atoms with Gasteiger partial charge >= 0.3 is 0 Å². The second-order valence-electron chi connectivity index (χ2n) is 4.31. The van der Waals surface area contributed by atoms with Gasteiger partial charge in [0.25, 0.3) is 0 Å². The van der Waals surface area contributed by atoms with Crippen LogP contribution in [0.15, 0.2) is 0 Å². The van der Waals surface area contributed by atoms with E-state index in [9.17, 15) is 0 Å². The van der Waals surface area contributed by atoms with Crippen molar-refractivity contribution >= 4 is 0 Å². The SMILES string of the molecule is CCC(C)OC(C(C)C)C(C)C. The molecule has 1 nitrogen and oxygen atoms in total. The van der Waals surface area contributed by atoms with Crippen LogP contribution in [0.3, 0.4) is 0 Å². The number of ether oxygens (including phenoxy) is 1. The molecule has 0 heterocycles. The highest BCUT2D eigenvalue weighted by Crippen LogP contribution is 2.18. The van der Waals surface area contributed by atoms with Gasteiger partial charge in [-0.3, -0.25) is 0 Å². The first-order valence-corrected chi connectivity index (χ1v) is 5.14. The Balaban J connectivity index is 3.95. The Hall–Kier alpha value is -0.0400. The molecule has 0 amide bonds. The van der Waals surface area contributed by atoms with Crippen LogP contribution < -0.4 is 0 Å². The zero-order chi connectivity index (χ0) is 9.72. The van der Waals surface area contributed by atoms with E-state index in [-0.39, 0.29) is 0 Å². The van der Waals surface area contributed by atoms with Gasteiger partial charge in [0.1, 0.15) is 0 Å². The minimum atomic E-state index is 0.403. The molecule has 0 saturated heterocycles. The Bertz CT molecular complexity index is 99.6. The topological polar surface area (TPSA) is 9.23 Å². The molecular formula is C11H24O. The van der Waals surface area contributed by atoms with E-state index in [0.717, 1.165) is 6.42 Å². The predicted octanol–water partition coefficient (Wildman–Crippen LogP) is 3.48. The summed E-state index contributed by atoms with van der Waals surface area (Å²) in [5, 5.41) is 0. The van der Waals surface area contributed by atoms with E-state index < -0.39 is 0 Å². The molecule has 0 aromatic heterocycles. The maximum Gasteiger partial charge on any atom is 0.0624 e. The van der Waals surface area contributed by atoms with E-state index in [1.165, 1.54) is 0 Å². The lowest BCUT2D eigenvalue weighted by Gasteiger charge is -2.28. The Labute approximate surface area is 77.5 Å². The molecule has 0 aromatic carbocycles. The van der Waals surface area contributed by atoms with Crippen molar-refractivity contribution < 1.29 is 4.74 Å². The second-order valence-corrected chi connectivity index (χ2v) is 4.31. The van der Waals surface area contributed by atoms with E-state index >= 15 is 0 Å². The van der Waals surface area contributed by atoms with Crippen molar-refractivity contribution in [1.82, 2.24) is 0 Å². The smallest absolute Gasteiger partial charge is 0.0624 e. The van der Waals surface area contributed by atoms with E-state index in [2.05, 4.69) is 41.5 Å². The van der Waals surface area contributed by atoms with E-state index in [1.54, 1.807) is 0 Å². The molecule has 0 aliphatic rings. The summed E-state index contributed by atoms with van der Waals surface area (Å²) in [6, 6.07) is 0. The highest BCUT2D eigenvalue weighted by Gasteiger charge is 2.19. The molecule has 1 unspecified atom stereocenters. The van der Waals surface area contributed by atoms with Crippen molar-refractivity contribution in [3.63, 3.8) is 0 Å². The van der Waals surface area contributed by atoms with Crippen molar-refractivity contribution in [2.45, 2.75) is 60.2 Å². The molecule has 0 radical (unpaired) electrons. The van der Waals surface area contributed by atoms with Crippen LogP contribution in [0.4, 0.5) is 0 Å². The summed E-state index contributed by atoms with van der Waals surface area (Å²) >= 11 is 0. The van der Waals surface area contributed by atoms with E-state index in [4.69, 9.17) is 4.74 Å². The van der Waals surface area contributed by atoms with Crippen LogP contribution in [0, 0.1) is 11.8 Å². The van der Waals surface area contributed by atoms with Crippen molar-refractivity contribution in [2.75, 3.05) is 0 Å². The van der Waals surface area contributed by atoms with Crippen molar-refractivity contribution in [3.05, 3.63) is 0 Å². The van der Waals surface area contributed by atoms with Crippen LogP contribution >= 0.6 is 0 Å². The summed E-state index contributed by atoms with van der Waals surface area (Å²) in [4.78, 5) is 0. The molecule has 0 aliphatic carbocycles. The van der Waals surface area contributed by atoms with Gasteiger partial charge in [0.2, 0.25) is 0 Å². The van der Waals surface area contributed by atoms with Crippen LogP contribution in [0.5, 0.6) is 0 Å². The normalized spacial score (nSPS) is 14.8. The van der Waals surface area contributed by atoms with E-state index in [1.807, 2.05) is 0 Å². The average Bonchev–Trinajstić information content (AvgIpc) is 1.98. The van der Waals surface area contributed by atoms with Crippen molar-refractivity contribution in [1.29, 1.82) is 0 Å². The molecular weight excluding hydrogens is 148 g/mol. The third kappa shape index (κ3) is 4.10. The molecule has 12 heavy (non-hydrogen) atoms. The fourth-order valence-corrected chi connectivity index (χ4v) is 1.45. The Morgan fingerprint density at radius 2 is 1.33 bits per heavy atom. The van der Waals surface area contributed by atoms with Crippen molar-refractivity contribution in [3.8, 4) is 0 Å². The standard InChI is InChI=1S/C11H24O/c1-7-10(6)12-11(8(2)3)9(4)5/h8-11H,7H2,1-6H3. The molecule has 0 rings (SSSR count). The summed E-state index contributed by atoms with van der Waals surface area (Å²) in [6.07, 6.45) is 1.93. The molecule has 0 aromatic rings. The fourth-order valence-electron chi connectivity index (χ4n) is 1.45. The summed E-state index contributed by atoms with van der Waals surface area (Å²) in [6.45, 7) is 13.2. The summed E-state index contributed by atoms with van der Waals surface area (Å²) in [7, 11) is 0. The molecule has 0 aliphatic heterocycles. The molecule has 0 saturated carbocycles. The quantitative estimate of drug-likeness (QED) is 0.617. The van der Waals surface area contributed by atoms with Gasteiger partial charge in [-0.15, -0.1) is 0 Å². The molecule has 0 N–H and O–H groups in total. The Morgan fingerprint density at radius 1 is 0.917 bits per heavy atom. The van der Waals surface area contributed by atoms with Gasteiger partial charge in [0, 0.05) is 0 Å². The maximum absolute atomic E-state index is 5.92. The third-order valence-corrected chi connectivity index (χ3v) is 2.28. The van der Waals surface area contributed by atoms with Crippen molar-refractivity contribution in [2.24, 2.45) is 11.8 Å². The lowest BCUT2D eigenvalue weighted by molar-refractivity contribution is -0.0525.